The summed E-state index contributed by atoms with van der Waals surface area (Å²) in [4.78, 5) is 18.8. The minimum absolute atomic E-state index is 0.108. The Morgan fingerprint density at radius 3 is 2.67 bits per heavy atom. The van der Waals surface area contributed by atoms with Gasteiger partial charge in [0.25, 0.3) is 5.91 Å². The molecule has 0 aliphatic rings. The summed E-state index contributed by atoms with van der Waals surface area (Å²) in [6, 6.07) is 21.3. The monoisotopic (exact) mass is 361 g/mol. The predicted octanol–water partition coefficient (Wildman–Crippen LogP) is 3.83. The van der Waals surface area contributed by atoms with E-state index in [-0.39, 0.29) is 5.91 Å². The molecule has 0 aliphatic carbocycles. The fourth-order valence-corrected chi connectivity index (χ4v) is 2.78. The SMILES string of the molecule is COc1cccc(CCNC(=O)c2ccnc(N(C)c3ccccc3)c2)c1. The van der Waals surface area contributed by atoms with E-state index in [1.807, 2.05) is 66.5 Å². The molecular weight excluding hydrogens is 338 g/mol. The van der Waals surface area contributed by atoms with Crippen molar-refractivity contribution >= 4 is 17.4 Å². The minimum Gasteiger partial charge on any atom is -0.497 e. The number of anilines is 2. The summed E-state index contributed by atoms with van der Waals surface area (Å²) in [7, 11) is 3.58. The lowest BCUT2D eigenvalue weighted by Gasteiger charge is -2.18. The Hall–Kier alpha value is -3.34. The molecule has 0 fully saturated rings. The lowest BCUT2D eigenvalue weighted by Crippen LogP contribution is -2.26. The highest BCUT2D eigenvalue weighted by Crippen LogP contribution is 2.21. The first kappa shape index (κ1) is 18.5. The van der Waals surface area contributed by atoms with Gasteiger partial charge in [0.1, 0.15) is 11.6 Å². The maximum Gasteiger partial charge on any atom is 0.251 e. The molecule has 1 N–H and O–H groups in total. The molecule has 0 bridgehead atoms. The third-order valence-electron chi connectivity index (χ3n) is 4.33. The number of nitrogens with one attached hydrogen (secondary N) is 1. The van der Waals surface area contributed by atoms with Crippen LogP contribution in [0.15, 0.2) is 72.9 Å². The molecule has 1 amide bonds. The molecule has 0 spiro atoms. The second-order valence-corrected chi connectivity index (χ2v) is 6.15. The van der Waals surface area contributed by atoms with Crippen LogP contribution in [-0.4, -0.2) is 31.6 Å². The smallest absolute Gasteiger partial charge is 0.251 e. The molecule has 138 valence electrons. The molecule has 1 aromatic heterocycles. The summed E-state index contributed by atoms with van der Waals surface area (Å²) in [5.41, 5.74) is 2.72. The first-order valence-electron chi connectivity index (χ1n) is 8.83. The van der Waals surface area contributed by atoms with Crippen molar-refractivity contribution in [3.8, 4) is 5.75 Å². The zero-order chi connectivity index (χ0) is 19.1. The molecule has 3 aromatic rings. The van der Waals surface area contributed by atoms with Crippen molar-refractivity contribution in [1.29, 1.82) is 0 Å². The maximum absolute atomic E-state index is 12.5. The summed E-state index contributed by atoms with van der Waals surface area (Å²) in [5.74, 6) is 1.44. The van der Waals surface area contributed by atoms with Crippen LogP contribution in [0.4, 0.5) is 11.5 Å². The van der Waals surface area contributed by atoms with Crippen molar-refractivity contribution in [3.05, 3.63) is 84.1 Å². The number of hydrogen-bond donors (Lipinski definition) is 1. The minimum atomic E-state index is -0.108. The van der Waals surface area contributed by atoms with Crippen LogP contribution in [-0.2, 0) is 6.42 Å². The van der Waals surface area contributed by atoms with E-state index in [4.69, 9.17) is 4.74 Å². The highest BCUT2D eigenvalue weighted by Gasteiger charge is 2.10. The number of carbonyl (C=O) groups excluding carboxylic acids is 1. The van der Waals surface area contributed by atoms with Crippen molar-refractivity contribution in [3.63, 3.8) is 0 Å². The van der Waals surface area contributed by atoms with Gasteiger partial charge < -0.3 is 15.0 Å². The van der Waals surface area contributed by atoms with Gasteiger partial charge in [-0.1, -0.05) is 30.3 Å². The number of pyridine rings is 1. The number of hydrogen-bond acceptors (Lipinski definition) is 4. The molecule has 0 saturated heterocycles. The highest BCUT2D eigenvalue weighted by molar-refractivity contribution is 5.95. The number of para-hydroxylation sites is 1. The zero-order valence-electron chi connectivity index (χ0n) is 15.6. The predicted molar refractivity (Wildman–Crippen MR) is 108 cm³/mol. The van der Waals surface area contributed by atoms with Crippen molar-refractivity contribution < 1.29 is 9.53 Å². The molecule has 0 radical (unpaired) electrons. The van der Waals surface area contributed by atoms with Crippen LogP contribution in [0.1, 0.15) is 15.9 Å². The van der Waals surface area contributed by atoms with E-state index in [0.29, 0.717) is 12.1 Å². The molecule has 0 atom stereocenters. The van der Waals surface area contributed by atoms with Crippen LogP contribution in [0.25, 0.3) is 0 Å². The van der Waals surface area contributed by atoms with Crippen LogP contribution in [0, 0.1) is 0 Å². The van der Waals surface area contributed by atoms with Gasteiger partial charge in [-0.25, -0.2) is 4.98 Å². The average molecular weight is 361 g/mol. The Morgan fingerprint density at radius 1 is 1.07 bits per heavy atom. The third-order valence-corrected chi connectivity index (χ3v) is 4.33. The topological polar surface area (TPSA) is 54.5 Å². The highest BCUT2D eigenvalue weighted by atomic mass is 16.5. The summed E-state index contributed by atoms with van der Waals surface area (Å²) < 4.78 is 5.22. The van der Waals surface area contributed by atoms with Gasteiger partial charge in [-0.3, -0.25) is 4.79 Å². The molecular formula is C22H23N3O2. The van der Waals surface area contributed by atoms with Gasteiger partial charge >= 0.3 is 0 Å². The van der Waals surface area contributed by atoms with Gasteiger partial charge in [-0.2, -0.15) is 0 Å². The van der Waals surface area contributed by atoms with Gasteiger partial charge in [0, 0.05) is 31.0 Å². The number of rotatable bonds is 7. The molecule has 0 aliphatic heterocycles. The number of aromatic nitrogens is 1. The number of benzene rings is 2. The average Bonchev–Trinajstić information content (AvgIpc) is 2.74. The Morgan fingerprint density at radius 2 is 1.89 bits per heavy atom. The molecule has 27 heavy (non-hydrogen) atoms. The molecule has 0 saturated carbocycles. The van der Waals surface area contributed by atoms with E-state index in [1.165, 1.54) is 0 Å². The van der Waals surface area contributed by atoms with E-state index < -0.39 is 0 Å². The normalized spacial score (nSPS) is 10.3. The van der Waals surface area contributed by atoms with Crippen LogP contribution in [0.5, 0.6) is 5.75 Å². The molecule has 5 heteroatoms. The summed E-state index contributed by atoms with van der Waals surface area (Å²) in [5, 5.41) is 2.96. The fourth-order valence-electron chi connectivity index (χ4n) is 2.78. The van der Waals surface area contributed by atoms with Gasteiger partial charge in [-0.15, -0.1) is 0 Å². The summed E-state index contributed by atoms with van der Waals surface area (Å²) in [6.07, 6.45) is 2.40. The summed E-state index contributed by atoms with van der Waals surface area (Å²) in [6.45, 7) is 0.554. The van der Waals surface area contributed by atoms with E-state index in [1.54, 1.807) is 25.4 Å². The quantitative estimate of drug-likeness (QED) is 0.695. The largest absolute Gasteiger partial charge is 0.497 e. The summed E-state index contributed by atoms with van der Waals surface area (Å²) >= 11 is 0. The Balaban J connectivity index is 1.61. The molecule has 0 unspecified atom stereocenters. The van der Waals surface area contributed by atoms with Gasteiger partial charge in [0.2, 0.25) is 0 Å². The number of methoxy groups -OCH3 is 1. The van der Waals surface area contributed by atoms with E-state index >= 15 is 0 Å². The van der Waals surface area contributed by atoms with Gasteiger partial charge in [-0.05, 0) is 48.4 Å². The first-order valence-corrected chi connectivity index (χ1v) is 8.83. The number of amides is 1. The number of carbonyl (C=O) groups is 1. The van der Waals surface area contributed by atoms with Crippen molar-refractivity contribution in [2.75, 3.05) is 25.6 Å². The molecule has 1 heterocycles. The van der Waals surface area contributed by atoms with Crippen molar-refractivity contribution in [1.82, 2.24) is 10.3 Å². The van der Waals surface area contributed by atoms with Gasteiger partial charge in [0.15, 0.2) is 0 Å². The van der Waals surface area contributed by atoms with Crippen molar-refractivity contribution in [2.45, 2.75) is 6.42 Å². The van der Waals surface area contributed by atoms with Crippen LogP contribution >= 0.6 is 0 Å². The van der Waals surface area contributed by atoms with Crippen LogP contribution < -0.4 is 15.0 Å². The van der Waals surface area contributed by atoms with Crippen LogP contribution in [0.3, 0.4) is 0 Å². The molecule has 2 aromatic carbocycles. The standard InChI is InChI=1S/C22H23N3O2/c1-25(19-8-4-3-5-9-19)21-16-18(12-14-23-21)22(26)24-13-11-17-7-6-10-20(15-17)27-2/h3-10,12,14-16H,11,13H2,1-2H3,(H,24,26). The zero-order valence-corrected chi connectivity index (χ0v) is 15.6. The Labute approximate surface area is 159 Å². The molecule has 5 nitrogen and oxygen atoms in total. The lowest BCUT2D eigenvalue weighted by atomic mass is 10.1. The fraction of sp³-hybridized carbons (Fsp3) is 0.182. The Bertz CT molecular complexity index is 897. The second kappa shape index (κ2) is 8.85. The van der Waals surface area contributed by atoms with Crippen LogP contribution in [0.2, 0.25) is 0 Å². The van der Waals surface area contributed by atoms with E-state index in [0.717, 1.165) is 29.2 Å². The second-order valence-electron chi connectivity index (χ2n) is 6.15. The third kappa shape index (κ3) is 4.85. The number of ether oxygens (including phenoxy) is 1. The first-order chi connectivity index (χ1) is 13.2. The Kier molecular flexibility index (Phi) is 6.05. The van der Waals surface area contributed by atoms with E-state index in [2.05, 4.69) is 10.3 Å². The maximum atomic E-state index is 12.5. The number of nitrogens with zero attached hydrogens (tertiary/aromatic N) is 2. The van der Waals surface area contributed by atoms with E-state index in [9.17, 15) is 4.79 Å². The van der Waals surface area contributed by atoms with Crippen molar-refractivity contribution in [2.24, 2.45) is 0 Å². The molecule has 3 rings (SSSR count). The van der Waals surface area contributed by atoms with Gasteiger partial charge in [0.05, 0.1) is 7.11 Å². The lowest BCUT2D eigenvalue weighted by molar-refractivity contribution is 0.0954.